The molecule has 1 fully saturated rings. The summed E-state index contributed by atoms with van der Waals surface area (Å²) in [6.45, 7) is 5.35. The maximum atomic E-state index is 5.48. The van der Waals surface area contributed by atoms with Gasteiger partial charge < -0.3 is 16.4 Å². The van der Waals surface area contributed by atoms with E-state index in [4.69, 9.17) is 5.73 Å². The molecule has 0 amide bonds. The van der Waals surface area contributed by atoms with Crippen LogP contribution in [0.1, 0.15) is 51.9 Å². The molecule has 1 aliphatic carbocycles. The lowest BCUT2D eigenvalue weighted by atomic mass is 9.91. The molecular weight excluding hydrogens is 198 g/mol. The second-order valence-electron chi connectivity index (χ2n) is 4.95. The summed E-state index contributed by atoms with van der Waals surface area (Å²) in [5.74, 6) is 0. The minimum absolute atomic E-state index is 0.746. The third kappa shape index (κ3) is 5.83. The van der Waals surface area contributed by atoms with Crippen LogP contribution in [0.2, 0.25) is 0 Å². The Labute approximate surface area is 101 Å². The van der Waals surface area contributed by atoms with Gasteiger partial charge in [0.05, 0.1) is 0 Å². The average molecular weight is 227 g/mol. The zero-order valence-electron chi connectivity index (χ0n) is 10.8. The molecule has 0 atom stereocenters. The summed E-state index contributed by atoms with van der Waals surface area (Å²) >= 11 is 0. The Hall–Kier alpha value is -0.120. The molecule has 1 rings (SSSR count). The SMILES string of the molecule is CCCCNC1CCC(NCCCN)CC1. The van der Waals surface area contributed by atoms with Crippen molar-refractivity contribution in [2.24, 2.45) is 5.73 Å². The zero-order chi connectivity index (χ0) is 11.6. The molecule has 1 saturated carbocycles. The Bertz CT molecular complexity index is 135. The molecule has 0 aromatic carbocycles. The molecule has 1 aliphatic rings. The van der Waals surface area contributed by atoms with Gasteiger partial charge in [-0.2, -0.15) is 0 Å². The molecule has 96 valence electrons. The number of unbranched alkanes of at least 4 members (excludes halogenated alkanes) is 1. The van der Waals surface area contributed by atoms with Crippen molar-refractivity contribution < 1.29 is 0 Å². The Morgan fingerprint density at radius 3 is 1.88 bits per heavy atom. The van der Waals surface area contributed by atoms with E-state index in [1.807, 2.05) is 0 Å². The predicted octanol–water partition coefficient (Wildman–Crippen LogP) is 1.63. The van der Waals surface area contributed by atoms with E-state index in [1.54, 1.807) is 0 Å². The van der Waals surface area contributed by atoms with Gasteiger partial charge in [-0.05, 0) is 58.2 Å². The van der Waals surface area contributed by atoms with Gasteiger partial charge in [0, 0.05) is 12.1 Å². The largest absolute Gasteiger partial charge is 0.330 e. The number of nitrogens with one attached hydrogen (secondary N) is 2. The first-order valence-corrected chi connectivity index (χ1v) is 7.03. The van der Waals surface area contributed by atoms with Crippen LogP contribution in [0.25, 0.3) is 0 Å². The second kappa shape index (κ2) is 8.97. The van der Waals surface area contributed by atoms with Gasteiger partial charge in [0.15, 0.2) is 0 Å². The molecular formula is C13H29N3. The average Bonchev–Trinajstić information content (AvgIpc) is 2.32. The van der Waals surface area contributed by atoms with Crippen LogP contribution >= 0.6 is 0 Å². The standard InChI is InChI=1S/C13H29N3/c1-2-3-10-15-12-5-7-13(8-6-12)16-11-4-9-14/h12-13,15-16H,2-11,14H2,1H3. The first kappa shape index (κ1) is 13.9. The van der Waals surface area contributed by atoms with E-state index in [0.717, 1.165) is 31.6 Å². The molecule has 3 heteroatoms. The normalized spacial score (nSPS) is 25.9. The Kier molecular flexibility index (Phi) is 7.81. The second-order valence-corrected chi connectivity index (χ2v) is 4.95. The fourth-order valence-electron chi connectivity index (χ4n) is 2.39. The maximum absolute atomic E-state index is 5.48. The van der Waals surface area contributed by atoms with E-state index in [2.05, 4.69) is 17.6 Å². The summed E-state index contributed by atoms with van der Waals surface area (Å²) in [5.41, 5.74) is 5.48. The lowest BCUT2D eigenvalue weighted by molar-refractivity contribution is 0.307. The van der Waals surface area contributed by atoms with Gasteiger partial charge in [-0.3, -0.25) is 0 Å². The number of nitrogens with two attached hydrogens (primary N) is 1. The minimum atomic E-state index is 0.746. The molecule has 16 heavy (non-hydrogen) atoms. The van der Waals surface area contributed by atoms with Crippen molar-refractivity contribution in [3.05, 3.63) is 0 Å². The van der Waals surface area contributed by atoms with Gasteiger partial charge in [0.25, 0.3) is 0 Å². The molecule has 0 saturated heterocycles. The number of hydrogen-bond donors (Lipinski definition) is 3. The first-order chi connectivity index (χ1) is 7.86. The summed E-state index contributed by atoms with van der Waals surface area (Å²) in [6.07, 6.45) is 9.04. The molecule has 0 spiro atoms. The summed E-state index contributed by atoms with van der Waals surface area (Å²) in [5, 5.41) is 7.27. The van der Waals surface area contributed by atoms with Crippen LogP contribution in [0.5, 0.6) is 0 Å². The van der Waals surface area contributed by atoms with Crippen molar-refractivity contribution in [3.8, 4) is 0 Å². The minimum Gasteiger partial charge on any atom is -0.330 e. The molecule has 4 N–H and O–H groups in total. The molecule has 0 aromatic rings. The van der Waals surface area contributed by atoms with Crippen molar-refractivity contribution in [2.75, 3.05) is 19.6 Å². The van der Waals surface area contributed by atoms with Crippen molar-refractivity contribution in [1.29, 1.82) is 0 Å². The smallest absolute Gasteiger partial charge is 0.00682 e. The predicted molar refractivity (Wildman–Crippen MR) is 70.6 cm³/mol. The highest BCUT2D eigenvalue weighted by Gasteiger charge is 2.19. The summed E-state index contributed by atoms with van der Waals surface area (Å²) in [7, 11) is 0. The number of hydrogen-bond acceptors (Lipinski definition) is 3. The van der Waals surface area contributed by atoms with Crippen LogP contribution < -0.4 is 16.4 Å². The van der Waals surface area contributed by atoms with Crippen LogP contribution in [0.3, 0.4) is 0 Å². The van der Waals surface area contributed by atoms with E-state index in [1.165, 1.54) is 45.1 Å². The highest BCUT2D eigenvalue weighted by atomic mass is 14.9. The molecule has 0 aromatic heterocycles. The van der Waals surface area contributed by atoms with E-state index in [9.17, 15) is 0 Å². The van der Waals surface area contributed by atoms with Crippen molar-refractivity contribution in [3.63, 3.8) is 0 Å². The molecule has 0 bridgehead atoms. The van der Waals surface area contributed by atoms with E-state index < -0.39 is 0 Å². The Balaban J connectivity index is 2.00. The van der Waals surface area contributed by atoms with Crippen LogP contribution in [0.4, 0.5) is 0 Å². The molecule has 3 nitrogen and oxygen atoms in total. The highest BCUT2D eigenvalue weighted by molar-refractivity contribution is 4.80. The first-order valence-electron chi connectivity index (χ1n) is 7.03. The topological polar surface area (TPSA) is 50.1 Å². The lowest BCUT2D eigenvalue weighted by Crippen LogP contribution is -2.40. The van der Waals surface area contributed by atoms with Crippen molar-refractivity contribution >= 4 is 0 Å². The molecule has 0 aliphatic heterocycles. The monoisotopic (exact) mass is 227 g/mol. The third-order valence-corrected chi connectivity index (χ3v) is 3.50. The fraction of sp³-hybridized carbons (Fsp3) is 1.00. The lowest BCUT2D eigenvalue weighted by Gasteiger charge is -2.30. The molecule has 0 heterocycles. The summed E-state index contributed by atoms with van der Waals surface area (Å²) in [4.78, 5) is 0. The summed E-state index contributed by atoms with van der Waals surface area (Å²) < 4.78 is 0. The highest BCUT2D eigenvalue weighted by Crippen LogP contribution is 2.18. The van der Waals surface area contributed by atoms with Crippen molar-refractivity contribution in [1.82, 2.24) is 10.6 Å². The van der Waals surface area contributed by atoms with Crippen LogP contribution in [-0.4, -0.2) is 31.7 Å². The third-order valence-electron chi connectivity index (χ3n) is 3.50. The fourth-order valence-corrected chi connectivity index (χ4v) is 2.39. The van der Waals surface area contributed by atoms with Gasteiger partial charge in [-0.15, -0.1) is 0 Å². The van der Waals surface area contributed by atoms with Gasteiger partial charge in [0.1, 0.15) is 0 Å². The Morgan fingerprint density at radius 1 is 0.938 bits per heavy atom. The maximum Gasteiger partial charge on any atom is 0.00682 e. The van der Waals surface area contributed by atoms with Gasteiger partial charge in [0.2, 0.25) is 0 Å². The van der Waals surface area contributed by atoms with Gasteiger partial charge in [-0.1, -0.05) is 13.3 Å². The van der Waals surface area contributed by atoms with E-state index in [-0.39, 0.29) is 0 Å². The Morgan fingerprint density at radius 2 is 1.44 bits per heavy atom. The van der Waals surface area contributed by atoms with Crippen LogP contribution in [0, 0.1) is 0 Å². The van der Waals surface area contributed by atoms with E-state index in [0.29, 0.717) is 0 Å². The number of rotatable bonds is 8. The van der Waals surface area contributed by atoms with Gasteiger partial charge in [-0.25, -0.2) is 0 Å². The molecule has 0 radical (unpaired) electrons. The zero-order valence-corrected chi connectivity index (χ0v) is 10.8. The quantitative estimate of drug-likeness (QED) is 0.552. The van der Waals surface area contributed by atoms with Crippen molar-refractivity contribution in [2.45, 2.75) is 64.0 Å². The van der Waals surface area contributed by atoms with Crippen LogP contribution in [0.15, 0.2) is 0 Å². The molecule has 0 unspecified atom stereocenters. The van der Waals surface area contributed by atoms with Gasteiger partial charge >= 0.3 is 0 Å². The summed E-state index contributed by atoms with van der Waals surface area (Å²) in [6, 6.07) is 1.52. The van der Waals surface area contributed by atoms with E-state index >= 15 is 0 Å². The van der Waals surface area contributed by atoms with Crippen LogP contribution in [-0.2, 0) is 0 Å².